The predicted molar refractivity (Wildman–Crippen MR) is 46.7 cm³/mol. The second kappa shape index (κ2) is 5.39. The van der Waals surface area contributed by atoms with Crippen LogP contribution in [-0.2, 0) is 0 Å². The molecule has 1 saturated heterocycles. The summed E-state index contributed by atoms with van der Waals surface area (Å²) < 4.78 is 0. The molecule has 1 aliphatic rings. The zero-order chi connectivity index (χ0) is 5.82. The Balaban J connectivity index is 0.000000640. The van der Waals surface area contributed by atoms with Gasteiger partial charge in [-0.05, 0) is 32.2 Å². The molecule has 0 bridgehead atoms. The van der Waals surface area contributed by atoms with Crippen LogP contribution in [-0.4, -0.2) is 24.6 Å². The maximum absolute atomic E-state index is 3.34. The lowest BCUT2D eigenvalue weighted by atomic mass is 10.2. The molecule has 1 rings (SSSR count). The van der Waals surface area contributed by atoms with Gasteiger partial charge >= 0.3 is 0 Å². The normalized spacial score (nSPS) is 21.0. The highest BCUT2D eigenvalue weighted by Gasteiger charge is 2.09. The summed E-state index contributed by atoms with van der Waals surface area (Å²) in [5.74, 6) is 0. The van der Waals surface area contributed by atoms with E-state index in [-0.39, 0.29) is 12.4 Å². The van der Waals surface area contributed by atoms with Crippen LogP contribution < -0.4 is 5.32 Å². The van der Waals surface area contributed by atoms with Gasteiger partial charge in [-0.3, -0.25) is 0 Å². The second-order valence-electron chi connectivity index (χ2n) is 2.19. The number of hydrogen-bond acceptors (Lipinski definition) is 2. The second-order valence-corrected chi connectivity index (χ2v) is 3.32. The molecule has 1 aliphatic heterocycles. The van der Waals surface area contributed by atoms with Crippen LogP contribution in [0.4, 0.5) is 0 Å². The molecule has 1 N–H and O–H groups in total. The number of nitrogens with one attached hydrogen (secondary N) is 1. The molecule has 1 nitrogen and oxygen atoms in total. The first-order valence-corrected chi connectivity index (χ1v) is 4.46. The Bertz CT molecular complexity index is 64.1. The predicted octanol–water partition coefficient (Wildman–Crippen LogP) is 1.52. The zero-order valence-electron chi connectivity index (χ0n) is 5.72. The summed E-state index contributed by atoms with van der Waals surface area (Å²) in [5, 5.41) is 4.28. The van der Waals surface area contributed by atoms with E-state index in [1.54, 1.807) is 0 Å². The molecule has 0 aliphatic carbocycles. The van der Waals surface area contributed by atoms with Crippen molar-refractivity contribution in [3.05, 3.63) is 0 Å². The molecule has 0 aromatic carbocycles. The first-order chi connectivity index (χ1) is 3.93. The third-order valence-corrected chi connectivity index (χ3v) is 2.76. The van der Waals surface area contributed by atoms with Crippen LogP contribution in [0.1, 0.15) is 12.8 Å². The largest absolute Gasteiger partial charge is 0.317 e. The van der Waals surface area contributed by atoms with E-state index >= 15 is 0 Å². The Labute approximate surface area is 67.4 Å². The minimum atomic E-state index is 0. The van der Waals surface area contributed by atoms with Gasteiger partial charge in [-0.15, -0.1) is 12.4 Å². The molecule has 0 saturated carbocycles. The highest BCUT2D eigenvalue weighted by Crippen LogP contribution is 2.15. The number of rotatable bonds is 1. The van der Waals surface area contributed by atoms with Crippen molar-refractivity contribution >= 4 is 24.2 Å². The molecule has 0 radical (unpaired) electrons. The van der Waals surface area contributed by atoms with Gasteiger partial charge < -0.3 is 5.32 Å². The summed E-state index contributed by atoms with van der Waals surface area (Å²) in [7, 11) is 0. The van der Waals surface area contributed by atoms with E-state index in [2.05, 4.69) is 11.6 Å². The Kier molecular flexibility index (Phi) is 5.75. The van der Waals surface area contributed by atoms with E-state index in [0.29, 0.717) is 0 Å². The standard InChI is InChI=1S/C6H13NS.ClH/c1-8-6-2-4-7-5-3-6;/h6-7H,2-5H2,1H3;1H. The minimum absolute atomic E-state index is 0. The number of piperidine rings is 1. The number of halogens is 1. The van der Waals surface area contributed by atoms with Crippen molar-refractivity contribution in [3.8, 4) is 0 Å². The van der Waals surface area contributed by atoms with E-state index < -0.39 is 0 Å². The van der Waals surface area contributed by atoms with Crippen LogP contribution in [0, 0.1) is 0 Å². The van der Waals surface area contributed by atoms with Crippen molar-refractivity contribution in [2.75, 3.05) is 19.3 Å². The van der Waals surface area contributed by atoms with Crippen molar-refractivity contribution in [3.63, 3.8) is 0 Å². The molecular formula is C6H14ClNS. The van der Waals surface area contributed by atoms with Crippen LogP contribution in [0.15, 0.2) is 0 Å². The monoisotopic (exact) mass is 167 g/mol. The molecule has 0 amide bonds. The molecule has 0 spiro atoms. The van der Waals surface area contributed by atoms with Crippen LogP contribution in [0.25, 0.3) is 0 Å². The zero-order valence-corrected chi connectivity index (χ0v) is 7.36. The molecule has 1 heterocycles. The van der Waals surface area contributed by atoms with E-state index in [1.165, 1.54) is 25.9 Å². The van der Waals surface area contributed by atoms with E-state index in [9.17, 15) is 0 Å². The van der Waals surface area contributed by atoms with Crippen molar-refractivity contribution < 1.29 is 0 Å². The summed E-state index contributed by atoms with van der Waals surface area (Å²) in [5.41, 5.74) is 0. The maximum atomic E-state index is 3.34. The third-order valence-electron chi connectivity index (χ3n) is 1.62. The Hall–Kier alpha value is 0.600. The lowest BCUT2D eigenvalue weighted by Crippen LogP contribution is -2.28. The number of hydrogen-bond donors (Lipinski definition) is 1. The summed E-state index contributed by atoms with van der Waals surface area (Å²) in [6.07, 6.45) is 4.93. The Morgan fingerprint density at radius 1 is 1.33 bits per heavy atom. The third kappa shape index (κ3) is 3.33. The van der Waals surface area contributed by atoms with Crippen molar-refractivity contribution in [1.29, 1.82) is 0 Å². The Morgan fingerprint density at radius 3 is 2.22 bits per heavy atom. The summed E-state index contributed by atoms with van der Waals surface area (Å²) in [6, 6.07) is 0. The highest BCUT2D eigenvalue weighted by atomic mass is 35.5. The van der Waals surface area contributed by atoms with Crippen molar-refractivity contribution in [2.45, 2.75) is 18.1 Å². The topological polar surface area (TPSA) is 12.0 Å². The quantitative estimate of drug-likeness (QED) is 0.636. The van der Waals surface area contributed by atoms with Crippen molar-refractivity contribution in [1.82, 2.24) is 5.32 Å². The van der Waals surface area contributed by atoms with Crippen LogP contribution in [0.3, 0.4) is 0 Å². The molecule has 56 valence electrons. The number of thioether (sulfide) groups is 1. The van der Waals surface area contributed by atoms with Gasteiger partial charge in [0.15, 0.2) is 0 Å². The fourth-order valence-electron chi connectivity index (χ4n) is 1.03. The summed E-state index contributed by atoms with van der Waals surface area (Å²) in [4.78, 5) is 0. The fourth-order valence-corrected chi connectivity index (χ4v) is 1.74. The summed E-state index contributed by atoms with van der Waals surface area (Å²) in [6.45, 7) is 2.46. The van der Waals surface area contributed by atoms with Gasteiger partial charge in [-0.2, -0.15) is 11.8 Å². The minimum Gasteiger partial charge on any atom is -0.317 e. The first-order valence-electron chi connectivity index (χ1n) is 3.17. The molecule has 3 heteroatoms. The average Bonchev–Trinajstić information content (AvgIpc) is 1.90. The smallest absolute Gasteiger partial charge is 0.00684 e. The van der Waals surface area contributed by atoms with Crippen LogP contribution in [0.5, 0.6) is 0 Å². The fraction of sp³-hybridized carbons (Fsp3) is 1.00. The first kappa shape index (κ1) is 9.60. The lowest BCUT2D eigenvalue weighted by molar-refractivity contribution is 0.532. The average molecular weight is 168 g/mol. The summed E-state index contributed by atoms with van der Waals surface area (Å²) >= 11 is 2.01. The molecule has 0 atom stereocenters. The van der Waals surface area contributed by atoms with Crippen LogP contribution >= 0.6 is 24.2 Å². The van der Waals surface area contributed by atoms with E-state index in [1.807, 2.05) is 11.8 Å². The molecule has 0 aromatic heterocycles. The molecule has 0 unspecified atom stereocenters. The van der Waals surface area contributed by atoms with Gasteiger partial charge in [-0.25, -0.2) is 0 Å². The van der Waals surface area contributed by atoms with Gasteiger partial charge in [0, 0.05) is 5.25 Å². The van der Waals surface area contributed by atoms with Crippen molar-refractivity contribution in [2.24, 2.45) is 0 Å². The van der Waals surface area contributed by atoms with E-state index in [4.69, 9.17) is 0 Å². The van der Waals surface area contributed by atoms with Gasteiger partial charge in [-0.1, -0.05) is 0 Å². The van der Waals surface area contributed by atoms with Gasteiger partial charge in [0.1, 0.15) is 0 Å². The molecule has 1 fully saturated rings. The SMILES string of the molecule is CSC1CCNCC1.Cl. The van der Waals surface area contributed by atoms with Gasteiger partial charge in [0.25, 0.3) is 0 Å². The van der Waals surface area contributed by atoms with E-state index in [0.717, 1.165) is 5.25 Å². The van der Waals surface area contributed by atoms with Gasteiger partial charge in [0.2, 0.25) is 0 Å². The highest BCUT2D eigenvalue weighted by molar-refractivity contribution is 7.99. The molecule has 0 aromatic rings. The van der Waals surface area contributed by atoms with Crippen LogP contribution in [0.2, 0.25) is 0 Å². The molecular weight excluding hydrogens is 154 g/mol. The molecule has 9 heavy (non-hydrogen) atoms. The maximum Gasteiger partial charge on any atom is 0.00684 e. The van der Waals surface area contributed by atoms with Gasteiger partial charge in [0.05, 0.1) is 0 Å². The lowest BCUT2D eigenvalue weighted by Gasteiger charge is -2.19. The Morgan fingerprint density at radius 2 is 1.89 bits per heavy atom.